The largest absolute Gasteiger partial charge is 0.497 e. The van der Waals surface area contributed by atoms with Crippen LogP contribution in [0.4, 0.5) is 0 Å². The van der Waals surface area contributed by atoms with Crippen LogP contribution >= 0.6 is 23.4 Å². The summed E-state index contributed by atoms with van der Waals surface area (Å²) in [6.07, 6.45) is 0. The molecule has 9 heteroatoms. The van der Waals surface area contributed by atoms with Crippen molar-refractivity contribution in [3.05, 3.63) is 59.4 Å². The molecule has 1 N–H and O–H groups in total. The molecule has 0 aliphatic heterocycles. The highest BCUT2D eigenvalue weighted by atomic mass is 35.5. The van der Waals surface area contributed by atoms with Crippen molar-refractivity contribution in [1.82, 2.24) is 25.4 Å². The Morgan fingerprint density at radius 2 is 2.04 bits per heavy atom. The second-order valence-corrected chi connectivity index (χ2v) is 6.82. The molecule has 0 radical (unpaired) electrons. The van der Waals surface area contributed by atoms with Gasteiger partial charge in [-0.25, -0.2) is 4.98 Å². The Morgan fingerprint density at radius 3 is 2.89 bits per heavy atom. The normalized spacial score (nSPS) is 10.9. The lowest BCUT2D eigenvalue weighted by Crippen LogP contribution is -1.83. The van der Waals surface area contributed by atoms with Crippen molar-refractivity contribution >= 4 is 23.4 Å². The van der Waals surface area contributed by atoms with E-state index in [9.17, 15) is 0 Å². The van der Waals surface area contributed by atoms with Crippen LogP contribution in [0.25, 0.3) is 22.8 Å². The summed E-state index contributed by atoms with van der Waals surface area (Å²) in [4.78, 5) is 4.45. The number of ether oxygens (including phenoxy) is 1. The van der Waals surface area contributed by atoms with Crippen LogP contribution in [0.2, 0.25) is 5.02 Å². The number of halogens is 1. The number of thioether (sulfide) groups is 1. The molecule has 136 valence electrons. The fourth-order valence-corrected chi connectivity index (χ4v) is 3.26. The van der Waals surface area contributed by atoms with Crippen LogP contribution in [0.5, 0.6) is 5.75 Å². The zero-order chi connectivity index (χ0) is 18.6. The van der Waals surface area contributed by atoms with Crippen molar-refractivity contribution in [2.45, 2.75) is 10.9 Å². The number of H-pyrrole nitrogens is 1. The monoisotopic (exact) mass is 399 g/mol. The lowest BCUT2D eigenvalue weighted by atomic mass is 10.2. The molecule has 0 atom stereocenters. The Hall–Kier alpha value is -2.84. The van der Waals surface area contributed by atoms with E-state index < -0.39 is 0 Å². The summed E-state index contributed by atoms with van der Waals surface area (Å²) in [5.41, 5.74) is 1.61. The Bertz CT molecular complexity index is 1070. The molecule has 0 bridgehead atoms. The van der Waals surface area contributed by atoms with E-state index in [-0.39, 0.29) is 0 Å². The van der Waals surface area contributed by atoms with E-state index in [4.69, 9.17) is 20.8 Å². The van der Waals surface area contributed by atoms with Crippen molar-refractivity contribution in [3.63, 3.8) is 0 Å². The van der Waals surface area contributed by atoms with Gasteiger partial charge in [-0.2, -0.15) is 0 Å². The summed E-state index contributed by atoms with van der Waals surface area (Å²) < 4.78 is 10.9. The minimum Gasteiger partial charge on any atom is -0.497 e. The lowest BCUT2D eigenvalue weighted by molar-refractivity contribution is 0.414. The van der Waals surface area contributed by atoms with Gasteiger partial charge in [-0.3, -0.25) is 5.10 Å². The van der Waals surface area contributed by atoms with Gasteiger partial charge < -0.3 is 9.15 Å². The van der Waals surface area contributed by atoms with E-state index in [0.717, 1.165) is 16.9 Å². The van der Waals surface area contributed by atoms with Gasteiger partial charge in [-0.15, -0.1) is 15.3 Å². The molecule has 0 fully saturated rings. The van der Waals surface area contributed by atoms with Crippen LogP contribution in [0.3, 0.4) is 0 Å². The molecule has 7 nitrogen and oxygen atoms in total. The van der Waals surface area contributed by atoms with E-state index in [1.165, 1.54) is 11.8 Å². The zero-order valence-corrected chi connectivity index (χ0v) is 15.8. The number of aromatic nitrogens is 5. The predicted octanol–water partition coefficient (Wildman–Crippen LogP) is 4.48. The minimum atomic E-state index is 0.441. The summed E-state index contributed by atoms with van der Waals surface area (Å²) in [5, 5.41) is 16.4. The lowest BCUT2D eigenvalue weighted by Gasteiger charge is -2.00. The molecule has 4 rings (SSSR count). The van der Waals surface area contributed by atoms with E-state index in [1.807, 2.05) is 48.5 Å². The van der Waals surface area contributed by atoms with Gasteiger partial charge in [0.25, 0.3) is 0 Å². The number of nitrogens with one attached hydrogen (secondary N) is 1. The molecule has 0 saturated heterocycles. The first-order valence-corrected chi connectivity index (χ1v) is 9.36. The maximum atomic E-state index is 6.19. The van der Waals surface area contributed by atoms with Crippen LogP contribution in [0.1, 0.15) is 5.89 Å². The molecular formula is C18H14ClN5O2S. The van der Waals surface area contributed by atoms with Crippen molar-refractivity contribution < 1.29 is 9.15 Å². The molecule has 0 aliphatic carbocycles. The fraction of sp³-hybridized carbons (Fsp3) is 0.111. The highest BCUT2D eigenvalue weighted by Crippen LogP contribution is 2.28. The first kappa shape index (κ1) is 17.6. The van der Waals surface area contributed by atoms with Crippen LogP contribution < -0.4 is 4.74 Å². The summed E-state index contributed by atoms with van der Waals surface area (Å²) in [6, 6.07) is 14.9. The number of nitrogens with zero attached hydrogens (tertiary/aromatic N) is 4. The quantitative estimate of drug-likeness (QED) is 0.478. The Kier molecular flexibility index (Phi) is 5.08. The van der Waals surface area contributed by atoms with Crippen LogP contribution in [-0.4, -0.2) is 32.5 Å². The molecule has 4 aromatic rings. The number of hydrogen-bond donors (Lipinski definition) is 1. The Morgan fingerprint density at radius 1 is 1.15 bits per heavy atom. The summed E-state index contributed by atoms with van der Waals surface area (Å²) in [5.74, 6) is 2.73. The van der Waals surface area contributed by atoms with Gasteiger partial charge in [0.05, 0.1) is 17.9 Å². The SMILES string of the molecule is COc1cccc(-c2nnc(CSc3n[nH]c(-c4ccccc4Cl)n3)o2)c1. The first-order chi connectivity index (χ1) is 13.2. The highest BCUT2D eigenvalue weighted by molar-refractivity contribution is 7.98. The van der Waals surface area contributed by atoms with Gasteiger partial charge in [0.2, 0.25) is 16.9 Å². The second kappa shape index (κ2) is 7.81. The minimum absolute atomic E-state index is 0.441. The van der Waals surface area contributed by atoms with Crippen LogP contribution in [0, 0.1) is 0 Å². The topological polar surface area (TPSA) is 89.7 Å². The van der Waals surface area contributed by atoms with Gasteiger partial charge in [0.15, 0.2) is 5.82 Å². The fourth-order valence-electron chi connectivity index (χ4n) is 2.40. The average Bonchev–Trinajstić information content (AvgIpc) is 3.36. The highest BCUT2D eigenvalue weighted by Gasteiger charge is 2.13. The van der Waals surface area contributed by atoms with Gasteiger partial charge in [-0.1, -0.05) is 41.6 Å². The van der Waals surface area contributed by atoms with Gasteiger partial charge >= 0.3 is 0 Å². The third-order valence-electron chi connectivity index (χ3n) is 3.70. The smallest absolute Gasteiger partial charge is 0.247 e. The Balaban J connectivity index is 1.44. The standard InChI is InChI=1S/C18H14ClN5O2S/c1-25-12-6-4-5-11(9-12)17-23-21-15(26-17)10-27-18-20-16(22-24-18)13-7-2-3-8-14(13)19/h2-9H,10H2,1H3,(H,20,22,24). The molecule has 0 amide bonds. The molecule has 0 saturated carbocycles. The number of methoxy groups -OCH3 is 1. The summed E-state index contributed by atoms with van der Waals surface area (Å²) in [7, 11) is 1.61. The van der Waals surface area contributed by atoms with Crippen molar-refractivity contribution in [1.29, 1.82) is 0 Å². The number of hydrogen-bond acceptors (Lipinski definition) is 7. The Labute approximate surface area is 164 Å². The summed E-state index contributed by atoms with van der Waals surface area (Å²) >= 11 is 7.58. The third kappa shape index (κ3) is 3.96. The van der Waals surface area contributed by atoms with Crippen LogP contribution in [0.15, 0.2) is 58.1 Å². The maximum Gasteiger partial charge on any atom is 0.247 e. The number of aromatic amines is 1. The van der Waals surface area contributed by atoms with Crippen LogP contribution in [-0.2, 0) is 5.75 Å². The van der Waals surface area contributed by atoms with Gasteiger partial charge in [0, 0.05) is 11.1 Å². The van der Waals surface area contributed by atoms with E-state index in [0.29, 0.717) is 33.5 Å². The van der Waals surface area contributed by atoms with Crippen molar-refractivity contribution in [2.75, 3.05) is 7.11 Å². The van der Waals surface area contributed by atoms with Gasteiger partial charge in [0.1, 0.15) is 5.75 Å². The molecule has 2 aromatic carbocycles. The zero-order valence-electron chi connectivity index (χ0n) is 14.2. The molecule has 0 unspecified atom stereocenters. The van der Waals surface area contributed by atoms with Crippen molar-refractivity contribution in [2.24, 2.45) is 0 Å². The average molecular weight is 400 g/mol. The molecule has 2 heterocycles. The van der Waals surface area contributed by atoms with Gasteiger partial charge in [-0.05, 0) is 30.3 Å². The summed E-state index contributed by atoms with van der Waals surface area (Å²) in [6.45, 7) is 0. The third-order valence-corrected chi connectivity index (χ3v) is 4.86. The molecule has 2 aromatic heterocycles. The predicted molar refractivity (Wildman–Crippen MR) is 103 cm³/mol. The number of benzene rings is 2. The maximum absolute atomic E-state index is 6.19. The molecule has 0 aliphatic rings. The molecule has 27 heavy (non-hydrogen) atoms. The molecular weight excluding hydrogens is 386 g/mol. The van der Waals surface area contributed by atoms with Crippen molar-refractivity contribution in [3.8, 4) is 28.6 Å². The first-order valence-electron chi connectivity index (χ1n) is 8.00. The van der Waals surface area contributed by atoms with E-state index >= 15 is 0 Å². The number of rotatable bonds is 6. The second-order valence-electron chi connectivity index (χ2n) is 5.47. The van der Waals surface area contributed by atoms with E-state index in [2.05, 4.69) is 25.4 Å². The van der Waals surface area contributed by atoms with E-state index in [1.54, 1.807) is 7.11 Å². The molecule has 0 spiro atoms.